The molecule has 1 aliphatic heterocycles. The van der Waals surface area contributed by atoms with Crippen LogP contribution in [0.3, 0.4) is 0 Å². The average molecular weight is 495 g/mol. The summed E-state index contributed by atoms with van der Waals surface area (Å²) < 4.78 is 18.3. The highest BCUT2D eigenvalue weighted by molar-refractivity contribution is 7.99. The zero-order valence-electron chi connectivity index (χ0n) is 20.0. The van der Waals surface area contributed by atoms with Crippen molar-refractivity contribution in [1.82, 2.24) is 20.1 Å². The highest BCUT2D eigenvalue weighted by atomic mass is 32.2. The molecule has 1 aromatic heterocycles. The quantitative estimate of drug-likeness (QED) is 0.448. The fraction of sp³-hybridized carbons (Fsp3) is 0.423. The lowest BCUT2D eigenvalue weighted by Crippen LogP contribution is -2.25. The molecule has 8 nitrogen and oxygen atoms in total. The molecule has 2 heterocycles. The summed E-state index contributed by atoms with van der Waals surface area (Å²) in [6.07, 6.45) is 4.72. The molecule has 184 valence electrons. The molecule has 2 atom stereocenters. The third kappa shape index (κ3) is 5.24. The number of nitrogens with zero attached hydrogens (tertiary/aromatic N) is 3. The number of aromatic nitrogens is 3. The molecule has 35 heavy (non-hydrogen) atoms. The first-order valence-corrected chi connectivity index (χ1v) is 13.0. The van der Waals surface area contributed by atoms with Gasteiger partial charge >= 0.3 is 0 Å². The van der Waals surface area contributed by atoms with Crippen LogP contribution < -0.4 is 19.5 Å². The second kappa shape index (κ2) is 10.6. The second-order valence-corrected chi connectivity index (χ2v) is 9.93. The Morgan fingerprint density at radius 1 is 1.11 bits per heavy atom. The van der Waals surface area contributed by atoms with Crippen molar-refractivity contribution in [1.29, 1.82) is 0 Å². The maximum atomic E-state index is 12.7. The number of nitrogens with one attached hydrogen (secondary N) is 1. The topological polar surface area (TPSA) is 87.5 Å². The number of benzene rings is 2. The number of hydrogen-bond acceptors (Lipinski definition) is 7. The van der Waals surface area contributed by atoms with Crippen molar-refractivity contribution in [2.45, 2.75) is 50.4 Å². The minimum absolute atomic E-state index is 0.0510. The SMILES string of the molecule is COc1ccc(-c2nnc(SCC(=O)NCc3ccc4c(c3)OCO4)n2C2CCCCC2C)cc1. The molecule has 0 radical (unpaired) electrons. The normalized spacial score (nSPS) is 18.9. The van der Waals surface area contributed by atoms with E-state index in [-0.39, 0.29) is 18.5 Å². The van der Waals surface area contributed by atoms with Gasteiger partial charge in [-0.15, -0.1) is 10.2 Å². The third-order valence-corrected chi connectivity index (χ3v) is 7.61. The summed E-state index contributed by atoms with van der Waals surface area (Å²) in [4.78, 5) is 12.7. The van der Waals surface area contributed by atoms with Gasteiger partial charge in [0.15, 0.2) is 22.5 Å². The Bertz CT molecular complexity index is 1180. The number of ether oxygens (including phenoxy) is 3. The number of rotatable bonds is 8. The van der Waals surface area contributed by atoms with E-state index >= 15 is 0 Å². The maximum absolute atomic E-state index is 12.7. The molecule has 2 unspecified atom stereocenters. The summed E-state index contributed by atoms with van der Waals surface area (Å²) >= 11 is 1.44. The Balaban J connectivity index is 1.29. The summed E-state index contributed by atoms with van der Waals surface area (Å²) in [6.45, 7) is 2.97. The zero-order valence-corrected chi connectivity index (χ0v) is 20.8. The first-order valence-electron chi connectivity index (χ1n) is 12.0. The highest BCUT2D eigenvalue weighted by Gasteiger charge is 2.29. The van der Waals surface area contributed by atoms with Crippen molar-refractivity contribution in [2.75, 3.05) is 19.7 Å². The van der Waals surface area contributed by atoms with Gasteiger partial charge < -0.3 is 19.5 Å². The minimum atomic E-state index is -0.0510. The lowest BCUT2D eigenvalue weighted by Gasteiger charge is -2.31. The molecule has 0 spiro atoms. The van der Waals surface area contributed by atoms with Gasteiger partial charge in [-0.2, -0.15) is 0 Å². The molecule has 1 amide bonds. The van der Waals surface area contributed by atoms with Gasteiger partial charge in [0.25, 0.3) is 0 Å². The Morgan fingerprint density at radius 2 is 1.91 bits per heavy atom. The van der Waals surface area contributed by atoms with Crippen molar-refractivity contribution in [3.63, 3.8) is 0 Å². The smallest absolute Gasteiger partial charge is 0.231 e. The van der Waals surface area contributed by atoms with Crippen LogP contribution in [0.4, 0.5) is 0 Å². The van der Waals surface area contributed by atoms with Crippen LogP contribution in [0.25, 0.3) is 11.4 Å². The molecule has 1 fully saturated rings. The number of carbonyl (C=O) groups excluding carboxylic acids is 1. The van der Waals surface area contributed by atoms with Gasteiger partial charge in [0, 0.05) is 18.2 Å². The van der Waals surface area contributed by atoms with Crippen LogP contribution in [-0.2, 0) is 11.3 Å². The average Bonchev–Trinajstić information content (AvgIpc) is 3.53. The van der Waals surface area contributed by atoms with E-state index in [1.807, 2.05) is 42.5 Å². The first kappa shape index (κ1) is 23.5. The van der Waals surface area contributed by atoms with Crippen LogP contribution in [0.15, 0.2) is 47.6 Å². The van der Waals surface area contributed by atoms with E-state index in [0.29, 0.717) is 24.3 Å². The van der Waals surface area contributed by atoms with Gasteiger partial charge in [0.05, 0.1) is 12.9 Å². The molecule has 5 rings (SSSR count). The summed E-state index contributed by atoms with van der Waals surface area (Å²) in [6, 6.07) is 13.9. The van der Waals surface area contributed by atoms with Crippen molar-refractivity contribution >= 4 is 17.7 Å². The van der Waals surface area contributed by atoms with E-state index in [4.69, 9.17) is 14.2 Å². The monoisotopic (exact) mass is 494 g/mol. The lowest BCUT2D eigenvalue weighted by atomic mass is 9.85. The summed E-state index contributed by atoms with van der Waals surface area (Å²) in [7, 11) is 1.66. The molecule has 0 saturated heterocycles. The van der Waals surface area contributed by atoms with Crippen LogP contribution in [0.5, 0.6) is 17.2 Å². The van der Waals surface area contributed by atoms with Crippen LogP contribution in [0.2, 0.25) is 0 Å². The van der Waals surface area contributed by atoms with Crippen molar-refractivity contribution in [2.24, 2.45) is 5.92 Å². The third-order valence-electron chi connectivity index (χ3n) is 6.67. The molecule has 1 N–H and O–H groups in total. The molecule has 1 saturated carbocycles. The van der Waals surface area contributed by atoms with Gasteiger partial charge in [-0.1, -0.05) is 37.6 Å². The predicted molar refractivity (Wildman–Crippen MR) is 134 cm³/mol. The summed E-state index contributed by atoms with van der Waals surface area (Å²) in [5, 5.41) is 12.8. The number of amides is 1. The predicted octanol–water partition coefficient (Wildman–Crippen LogP) is 4.84. The number of thioether (sulfide) groups is 1. The van der Waals surface area contributed by atoms with E-state index < -0.39 is 0 Å². The van der Waals surface area contributed by atoms with Crippen molar-refractivity contribution in [3.8, 4) is 28.6 Å². The number of methoxy groups -OCH3 is 1. The number of hydrogen-bond donors (Lipinski definition) is 1. The Kier molecular flexibility index (Phi) is 7.13. The van der Waals surface area contributed by atoms with E-state index in [1.165, 1.54) is 31.0 Å². The molecule has 0 bridgehead atoms. The molecule has 3 aromatic rings. The molecule has 2 aliphatic rings. The zero-order chi connectivity index (χ0) is 24.2. The minimum Gasteiger partial charge on any atom is -0.497 e. The second-order valence-electron chi connectivity index (χ2n) is 8.99. The fourth-order valence-electron chi connectivity index (χ4n) is 4.72. The maximum Gasteiger partial charge on any atom is 0.231 e. The molecular formula is C26H30N4O4S. The van der Waals surface area contributed by atoms with Gasteiger partial charge in [0.2, 0.25) is 12.7 Å². The van der Waals surface area contributed by atoms with Crippen LogP contribution in [0, 0.1) is 5.92 Å². The molecule has 9 heteroatoms. The van der Waals surface area contributed by atoms with Crippen LogP contribution in [0.1, 0.15) is 44.2 Å². The molecular weight excluding hydrogens is 464 g/mol. The highest BCUT2D eigenvalue weighted by Crippen LogP contribution is 2.39. The van der Waals surface area contributed by atoms with E-state index in [1.54, 1.807) is 7.11 Å². The number of fused-ring (bicyclic) bond motifs is 1. The first-order chi connectivity index (χ1) is 17.1. The lowest BCUT2D eigenvalue weighted by molar-refractivity contribution is -0.118. The Hall–Kier alpha value is -3.20. The van der Waals surface area contributed by atoms with Crippen LogP contribution in [-0.4, -0.2) is 40.3 Å². The van der Waals surface area contributed by atoms with Crippen molar-refractivity contribution < 1.29 is 19.0 Å². The van der Waals surface area contributed by atoms with Crippen molar-refractivity contribution in [3.05, 3.63) is 48.0 Å². The largest absolute Gasteiger partial charge is 0.497 e. The van der Waals surface area contributed by atoms with Gasteiger partial charge in [-0.25, -0.2) is 0 Å². The Morgan fingerprint density at radius 3 is 2.71 bits per heavy atom. The van der Waals surface area contributed by atoms with Crippen LogP contribution >= 0.6 is 11.8 Å². The summed E-state index contributed by atoms with van der Waals surface area (Å²) in [5.74, 6) is 3.84. The van der Waals surface area contributed by atoms with E-state index in [9.17, 15) is 4.79 Å². The summed E-state index contributed by atoms with van der Waals surface area (Å²) in [5.41, 5.74) is 1.96. The molecule has 2 aromatic carbocycles. The standard InChI is InChI=1S/C26H30N4O4S/c1-17-5-3-4-6-21(17)30-25(19-8-10-20(32-2)11-9-19)28-29-26(30)35-15-24(31)27-14-18-7-12-22-23(13-18)34-16-33-22/h7-13,17,21H,3-6,14-16H2,1-2H3,(H,27,31). The molecule has 1 aliphatic carbocycles. The van der Waals surface area contributed by atoms with Gasteiger partial charge in [-0.05, 0) is 60.7 Å². The van der Waals surface area contributed by atoms with E-state index in [0.717, 1.165) is 40.0 Å². The number of carbonyl (C=O) groups is 1. The fourth-order valence-corrected chi connectivity index (χ4v) is 5.55. The Labute approximate surface area is 209 Å². The van der Waals surface area contributed by atoms with E-state index in [2.05, 4.69) is 27.0 Å². The van der Waals surface area contributed by atoms with Gasteiger partial charge in [0.1, 0.15) is 5.75 Å². The van der Waals surface area contributed by atoms with Gasteiger partial charge in [-0.3, -0.25) is 9.36 Å².